The van der Waals surface area contributed by atoms with Crippen LogP contribution in [0.3, 0.4) is 0 Å². The molecule has 0 unspecified atom stereocenters. The zero-order valence-corrected chi connectivity index (χ0v) is 13.6. The van der Waals surface area contributed by atoms with Gasteiger partial charge in [0.15, 0.2) is 0 Å². The molecule has 1 aromatic rings. The van der Waals surface area contributed by atoms with Gasteiger partial charge in [-0.2, -0.15) is 0 Å². The normalized spacial score (nSPS) is 11.6. The second-order valence-corrected chi connectivity index (χ2v) is 7.72. The summed E-state index contributed by atoms with van der Waals surface area (Å²) >= 11 is 5.11. The monoisotopic (exact) mass is 332 g/mol. The van der Waals surface area contributed by atoms with Gasteiger partial charge >= 0.3 is 0 Å². The maximum atomic E-state index is 11.7. The molecule has 0 aliphatic heterocycles. The average molecular weight is 333 g/mol. The Bertz CT molecular complexity index is 390. The predicted octanol–water partition coefficient (Wildman–Crippen LogP) is 2.81. The lowest BCUT2D eigenvalue weighted by molar-refractivity contribution is -0.121. The quantitative estimate of drug-likeness (QED) is 0.806. The van der Waals surface area contributed by atoms with Crippen molar-refractivity contribution in [3.63, 3.8) is 0 Å². The first-order valence-electron chi connectivity index (χ1n) is 6.08. The molecule has 0 aliphatic carbocycles. The van der Waals surface area contributed by atoms with Crippen molar-refractivity contribution in [1.29, 1.82) is 0 Å². The number of hydrogen-bond donors (Lipinski definition) is 2. The van der Waals surface area contributed by atoms with Crippen LogP contribution in [0.5, 0.6) is 0 Å². The van der Waals surface area contributed by atoms with Gasteiger partial charge in [-0.3, -0.25) is 4.79 Å². The van der Waals surface area contributed by atoms with Crippen LogP contribution in [-0.2, 0) is 11.2 Å². The van der Waals surface area contributed by atoms with E-state index in [9.17, 15) is 4.79 Å². The van der Waals surface area contributed by atoms with Crippen LogP contribution >= 0.6 is 27.3 Å². The maximum absolute atomic E-state index is 11.7. The minimum atomic E-state index is 0.0936. The third kappa shape index (κ3) is 5.98. The largest absolute Gasteiger partial charge is 0.356 e. The summed E-state index contributed by atoms with van der Waals surface area (Å²) in [5.74, 6) is 0.128. The van der Waals surface area contributed by atoms with Crippen LogP contribution in [0.15, 0.2) is 15.9 Å². The third-order valence-corrected chi connectivity index (χ3v) is 4.33. The molecule has 1 rings (SSSR count). The summed E-state index contributed by atoms with van der Waals surface area (Å²) in [5, 5.41) is 6.14. The SMILES string of the molecule is CNCC(C)(C)CNC(=O)CCc1ccc(Br)s1. The molecule has 1 aromatic heterocycles. The Balaban J connectivity index is 2.26. The number of hydrogen-bond acceptors (Lipinski definition) is 3. The molecule has 0 bridgehead atoms. The van der Waals surface area contributed by atoms with E-state index in [-0.39, 0.29) is 11.3 Å². The van der Waals surface area contributed by atoms with Crippen molar-refractivity contribution < 1.29 is 4.79 Å². The van der Waals surface area contributed by atoms with Gasteiger partial charge in [0.2, 0.25) is 5.91 Å². The van der Waals surface area contributed by atoms with E-state index in [4.69, 9.17) is 0 Å². The molecule has 3 nitrogen and oxygen atoms in total. The third-order valence-electron chi connectivity index (χ3n) is 2.65. The lowest BCUT2D eigenvalue weighted by atomic mass is 9.93. The van der Waals surface area contributed by atoms with Gasteiger partial charge in [-0.15, -0.1) is 11.3 Å². The molecular formula is C13H21BrN2OS. The molecule has 0 aliphatic rings. The van der Waals surface area contributed by atoms with Gasteiger partial charge in [0.1, 0.15) is 0 Å². The molecule has 0 aromatic carbocycles. The van der Waals surface area contributed by atoms with Crippen LogP contribution in [0.25, 0.3) is 0 Å². The van der Waals surface area contributed by atoms with Crippen LogP contribution < -0.4 is 10.6 Å². The maximum Gasteiger partial charge on any atom is 0.220 e. The van der Waals surface area contributed by atoms with Gasteiger partial charge < -0.3 is 10.6 Å². The highest BCUT2D eigenvalue weighted by molar-refractivity contribution is 9.11. The summed E-state index contributed by atoms with van der Waals surface area (Å²) in [6.45, 7) is 5.88. The molecule has 1 heterocycles. The number of carbonyl (C=O) groups excluding carboxylic acids is 1. The summed E-state index contributed by atoms with van der Waals surface area (Å²) in [6.07, 6.45) is 1.37. The summed E-state index contributed by atoms with van der Waals surface area (Å²) in [5.41, 5.74) is 0.0936. The Morgan fingerprint density at radius 2 is 2.11 bits per heavy atom. The van der Waals surface area contributed by atoms with Crippen LogP contribution in [0.2, 0.25) is 0 Å². The van der Waals surface area contributed by atoms with E-state index < -0.39 is 0 Å². The zero-order chi connectivity index (χ0) is 13.6. The first-order valence-corrected chi connectivity index (χ1v) is 7.69. The number of rotatable bonds is 7. The summed E-state index contributed by atoms with van der Waals surface area (Å²) in [4.78, 5) is 13.0. The number of carbonyl (C=O) groups is 1. The minimum Gasteiger partial charge on any atom is -0.356 e. The molecule has 2 N–H and O–H groups in total. The fourth-order valence-corrected chi connectivity index (χ4v) is 3.17. The van der Waals surface area contributed by atoms with Crippen molar-refractivity contribution >= 4 is 33.2 Å². The van der Waals surface area contributed by atoms with E-state index in [1.807, 2.05) is 13.1 Å². The molecule has 0 spiro atoms. The van der Waals surface area contributed by atoms with Crippen molar-refractivity contribution in [2.75, 3.05) is 20.1 Å². The van der Waals surface area contributed by atoms with E-state index in [1.54, 1.807) is 11.3 Å². The second kappa shape index (κ2) is 7.26. The first kappa shape index (κ1) is 15.7. The fraction of sp³-hybridized carbons (Fsp3) is 0.615. The first-order chi connectivity index (χ1) is 8.43. The van der Waals surface area contributed by atoms with Crippen molar-refractivity contribution in [3.05, 3.63) is 20.8 Å². The van der Waals surface area contributed by atoms with Gasteiger partial charge in [0.25, 0.3) is 0 Å². The molecule has 102 valence electrons. The van der Waals surface area contributed by atoms with Crippen LogP contribution in [0.1, 0.15) is 25.1 Å². The molecule has 0 atom stereocenters. The van der Waals surface area contributed by atoms with E-state index in [0.717, 1.165) is 16.8 Å². The Kier molecular flexibility index (Phi) is 6.32. The van der Waals surface area contributed by atoms with E-state index in [1.165, 1.54) is 4.88 Å². The summed E-state index contributed by atoms with van der Waals surface area (Å²) in [6, 6.07) is 4.08. The van der Waals surface area contributed by atoms with Crippen molar-refractivity contribution in [2.45, 2.75) is 26.7 Å². The van der Waals surface area contributed by atoms with E-state index in [2.05, 4.69) is 46.5 Å². The average Bonchev–Trinajstić information content (AvgIpc) is 2.70. The summed E-state index contributed by atoms with van der Waals surface area (Å²) < 4.78 is 1.12. The van der Waals surface area contributed by atoms with Crippen molar-refractivity contribution in [3.8, 4) is 0 Å². The van der Waals surface area contributed by atoms with Gasteiger partial charge in [0.05, 0.1) is 3.79 Å². The Labute approximate surface area is 121 Å². The molecule has 5 heteroatoms. The molecule has 0 fully saturated rings. The van der Waals surface area contributed by atoms with Gasteiger partial charge in [0, 0.05) is 24.4 Å². The highest BCUT2D eigenvalue weighted by Gasteiger charge is 2.17. The number of thiophene rings is 1. The predicted molar refractivity (Wildman–Crippen MR) is 81.1 cm³/mol. The van der Waals surface area contributed by atoms with E-state index in [0.29, 0.717) is 13.0 Å². The highest BCUT2D eigenvalue weighted by Crippen LogP contribution is 2.23. The van der Waals surface area contributed by atoms with Crippen LogP contribution in [-0.4, -0.2) is 26.0 Å². The van der Waals surface area contributed by atoms with E-state index >= 15 is 0 Å². The second-order valence-electron chi connectivity index (χ2n) is 5.18. The zero-order valence-electron chi connectivity index (χ0n) is 11.2. The van der Waals surface area contributed by atoms with Crippen molar-refractivity contribution in [2.24, 2.45) is 5.41 Å². The molecular weight excluding hydrogens is 312 g/mol. The lowest BCUT2D eigenvalue weighted by Crippen LogP contribution is -2.39. The number of amides is 1. The van der Waals surface area contributed by atoms with Crippen LogP contribution in [0.4, 0.5) is 0 Å². The van der Waals surface area contributed by atoms with Crippen LogP contribution in [0, 0.1) is 5.41 Å². The fourth-order valence-electron chi connectivity index (χ4n) is 1.69. The smallest absolute Gasteiger partial charge is 0.220 e. The summed E-state index contributed by atoms with van der Waals surface area (Å²) in [7, 11) is 1.93. The molecule has 1 amide bonds. The standard InChI is InChI=1S/C13H21BrN2OS/c1-13(2,8-15-3)9-16-12(17)7-5-10-4-6-11(14)18-10/h4,6,15H,5,7-9H2,1-3H3,(H,16,17). The van der Waals surface area contributed by atoms with Gasteiger partial charge in [-0.05, 0) is 46.9 Å². The number of nitrogens with one attached hydrogen (secondary N) is 2. The molecule has 0 saturated heterocycles. The lowest BCUT2D eigenvalue weighted by Gasteiger charge is -2.24. The Morgan fingerprint density at radius 3 is 2.67 bits per heavy atom. The minimum absolute atomic E-state index is 0.0936. The van der Waals surface area contributed by atoms with Gasteiger partial charge in [-0.25, -0.2) is 0 Å². The highest BCUT2D eigenvalue weighted by atomic mass is 79.9. The molecule has 0 saturated carbocycles. The number of aryl methyl sites for hydroxylation is 1. The molecule has 18 heavy (non-hydrogen) atoms. The molecule has 0 radical (unpaired) electrons. The number of halogens is 1. The Hall–Kier alpha value is -0.390. The Morgan fingerprint density at radius 1 is 1.39 bits per heavy atom. The van der Waals surface area contributed by atoms with Crippen molar-refractivity contribution in [1.82, 2.24) is 10.6 Å². The topological polar surface area (TPSA) is 41.1 Å². The van der Waals surface area contributed by atoms with Gasteiger partial charge in [-0.1, -0.05) is 13.8 Å².